The minimum absolute atomic E-state index is 0.200. The van der Waals surface area contributed by atoms with Gasteiger partial charge in [-0.05, 0) is 36.4 Å². The lowest BCUT2D eigenvalue weighted by molar-refractivity contribution is 0.0932. The van der Waals surface area contributed by atoms with Gasteiger partial charge >= 0.3 is 0 Å². The zero-order chi connectivity index (χ0) is 18.4. The molecule has 1 amide bonds. The zero-order valence-corrected chi connectivity index (χ0v) is 14.8. The number of nitrogens with one attached hydrogen (secondary N) is 1. The molecule has 1 saturated heterocycles. The molecular formula is C19H23FN4O2. The average molecular weight is 358 g/mol. The van der Waals surface area contributed by atoms with Crippen LogP contribution in [0.2, 0.25) is 0 Å². The highest BCUT2D eigenvalue weighted by atomic mass is 19.1. The van der Waals surface area contributed by atoms with E-state index >= 15 is 0 Å². The summed E-state index contributed by atoms with van der Waals surface area (Å²) in [6.07, 6.45) is 1.66. The lowest BCUT2D eigenvalue weighted by Gasteiger charge is -2.37. The van der Waals surface area contributed by atoms with E-state index in [-0.39, 0.29) is 11.7 Å². The summed E-state index contributed by atoms with van der Waals surface area (Å²) in [7, 11) is 1.59. The number of methoxy groups -OCH3 is 1. The Morgan fingerprint density at radius 2 is 1.77 bits per heavy atom. The predicted molar refractivity (Wildman–Crippen MR) is 99.3 cm³/mol. The number of nitrogens with zero attached hydrogens (tertiary/aromatic N) is 3. The summed E-state index contributed by atoms with van der Waals surface area (Å²) >= 11 is 0. The molecule has 0 spiro atoms. The van der Waals surface area contributed by atoms with E-state index in [0.717, 1.165) is 37.6 Å². The Morgan fingerprint density at radius 1 is 1.12 bits per heavy atom. The Balaban J connectivity index is 1.59. The number of hydrogen-bond donors (Lipinski definition) is 1. The molecule has 0 saturated carbocycles. The molecule has 26 heavy (non-hydrogen) atoms. The van der Waals surface area contributed by atoms with Crippen LogP contribution in [0.4, 0.5) is 15.8 Å². The van der Waals surface area contributed by atoms with Crippen LogP contribution in [0, 0.1) is 5.82 Å². The molecule has 0 radical (unpaired) electrons. The van der Waals surface area contributed by atoms with Gasteiger partial charge in [-0.1, -0.05) is 0 Å². The summed E-state index contributed by atoms with van der Waals surface area (Å²) in [6.45, 7) is 4.25. The van der Waals surface area contributed by atoms with E-state index in [9.17, 15) is 9.18 Å². The average Bonchev–Trinajstić information content (AvgIpc) is 2.69. The highest BCUT2D eigenvalue weighted by Crippen LogP contribution is 2.21. The summed E-state index contributed by atoms with van der Waals surface area (Å²) < 4.78 is 18.0. The first kappa shape index (κ1) is 18.1. The number of halogens is 1. The first-order valence-electron chi connectivity index (χ1n) is 8.66. The van der Waals surface area contributed by atoms with Crippen molar-refractivity contribution < 1.29 is 13.9 Å². The molecule has 0 aliphatic carbocycles. The van der Waals surface area contributed by atoms with E-state index in [4.69, 9.17) is 4.74 Å². The molecule has 0 unspecified atom stereocenters. The fraction of sp³-hybridized carbons (Fsp3) is 0.368. The number of aromatic nitrogens is 1. The minimum Gasteiger partial charge on any atom is -0.383 e. The first-order chi connectivity index (χ1) is 12.7. The molecular weight excluding hydrogens is 335 g/mol. The Labute approximate surface area is 152 Å². The van der Waals surface area contributed by atoms with Crippen LogP contribution in [0.3, 0.4) is 0 Å². The van der Waals surface area contributed by atoms with E-state index in [1.54, 1.807) is 25.4 Å². The lowest BCUT2D eigenvalue weighted by Crippen LogP contribution is -2.46. The van der Waals surface area contributed by atoms with Crippen molar-refractivity contribution in [2.75, 3.05) is 56.2 Å². The number of benzene rings is 1. The maximum atomic E-state index is 13.1. The highest BCUT2D eigenvalue weighted by molar-refractivity contribution is 5.93. The van der Waals surface area contributed by atoms with Gasteiger partial charge < -0.3 is 19.9 Å². The van der Waals surface area contributed by atoms with Crippen LogP contribution < -0.4 is 15.1 Å². The number of amides is 1. The molecule has 7 heteroatoms. The molecule has 2 heterocycles. The van der Waals surface area contributed by atoms with E-state index in [2.05, 4.69) is 20.1 Å². The molecule has 0 bridgehead atoms. The van der Waals surface area contributed by atoms with Gasteiger partial charge in [-0.2, -0.15) is 0 Å². The molecule has 3 rings (SSSR count). The van der Waals surface area contributed by atoms with Gasteiger partial charge in [-0.3, -0.25) is 9.78 Å². The van der Waals surface area contributed by atoms with Crippen LogP contribution in [0.1, 0.15) is 10.5 Å². The van der Waals surface area contributed by atoms with Gasteiger partial charge in [-0.15, -0.1) is 0 Å². The van der Waals surface area contributed by atoms with Crippen molar-refractivity contribution in [3.05, 3.63) is 54.1 Å². The van der Waals surface area contributed by atoms with Crippen molar-refractivity contribution in [2.24, 2.45) is 0 Å². The lowest BCUT2D eigenvalue weighted by atomic mass is 10.2. The van der Waals surface area contributed by atoms with Crippen molar-refractivity contribution in [1.82, 2.24) is 10.3 Å². The Bertz CT molecular complexity index is 731. The summed E-state index contributed by atoms with van der Waals surface area (Å²) in [6, 6.07) is 10.3. The SMILES string of the molecule is COCCNC(=O)c1cc(N2CCN(c3ccc(F)cc3)CC2)ccn1. The van der Waals surface area contributed by atoms with E-state index < -0.39 is 0 Å². The van der Waals surface area contributed by atoms with Crippen molar-refractivity contribution in [1.29, 1.82) is 0 Å². The van der Waals surface area contributed by atoms with Crippen molar-refractivity contribution in [2.45, 2.75) is 0 Å². The molecule has 6 nitrogen and oxygen atoms in total. The molecule has 0 atom stereocenters. The Kier molecular flexibility index (Phi) is 6.01. The van der Waals surface area contributed by atoms with Gasteiger partial charge in [0, 0.05) is 57.4 Å². The predicted octanol–water partition coefficient (Wildman–Crippen LogP) is 1.92. The second kappa shape index (κ2) is 8.62. The minimum atomic E-state index is -0.222. The topological polar surface area (TPSA) is 57.7 Å². The van der Waals surface area contributed by atoms with Gasteiger partial charge in [0.15, 0.2) is 0 Å². The van der Waals surface area contributed by atoms with Crippen LogP contribution in [0.15, 0.2) is 42.6 Å². The maximum absolute atomic E-state index is 13.1. The van der Waals surface area contributed by atoms with Gasteiger partial charge in [0.25, 0.3) is 5.91 Å². The summed E-state index contributed by atoms with van der Waals surface area (Å²) in [5.74, 6) is -0.422. The fourth-order valence-electron chi connectivity index (χ4n) is 2.97. The number of pyridine rings is 1. The summed E-state index contributed by atoms with van der Waals surface area (Å²) in [4.78, 5) is 20.8. The second-order valence-corrected chi connectivity index (χ2v) is 6.10. The van der Waals surface area contributed by atoms with Gasteiger partial charge in [-0.25, -0.2) is 4.39 Å². The number of carbonyl (C=O) groups excluding carboxylic acids is 1. The molecule has 138 valence electrons. The Hall–Kier alpha value is -2.67. The summed E-state index contributed by atoms with van der Waals surface area (Å²) in [5.41, 5.74) is 2.41. The van der Waals surface area contributed by atoms with Crippen molar-refractivity contribution >= 4 is 17.3 Å². The molecule has 1 aliphatic heterocycles. The molecule has 1 aromatic carbocycles. The zero-order valence-electron chi connectivity index (χ0n) is 14.8. The number of anilines is 2. The molecule has 1 aliphatic rings. The number of rotatable bonds is 6. The first-order valence-corrected chi connectivity index (χ1v) is 8.66. The quantitative estimate of drug-likeness (QED) is 0.800. The van der Waals surface area contributed by atoms with Crippen molar-refractivity contribution in [3.8, 4) is 0 Å². The largest absolute Gasteiger partial charge is 0.383 e. The number of ether oxygens (including phenoxy) is 1. The monoisotopic (exact) mass is 358 g/mol. The Morgan fingerprint density at radius 3 is 2.42 bits per heavy atom. The number of carbonyl (C=O) groups is 1. The third-order valence-corrected chi connectivity index (χ3v) is 4.40. The van der Waals surface area contributed by atoms with Crippen LogP contribution in [0.25, 0.3) is 0 Å². The second-order valence-electron chi connectivity index (χ2n) is 6.10. The van der Waals surface area contributed by atoms with Crippen LogP contribution in [0.5, 0.6) is 0 Å². The van der Waals surface area contributed by atoms with Gasteiger partial charge in [0.2, 0.25) is 0 Å². The van der Waals surface area contributed by atoms with Gasteiger partial charge in [0.1, 0.15) is 11.5 Å². The smallest absolute Gasteiger partial charge is 0.270 e. The van der Waals surface area contributed by atoms with Crippen molar-refractivity contribution in [3.63, 3.8) is 0 Å². The van der Waals surface area contributed by atoms with E-state index in [0.29, 0.717) is 18.8 Å². The fourth-order valence-corrected chi connectivity index (χ4v) is 2.97. The maximum Gasteiger partial charge on any atom is 0.270 e. The number of piperazine rings is 1. The molecule has 1 fully saturated rings. The number of hydrogen-bond acceptors (Lipinski definition) is 5. The van der Waals surface area contributed by atoms with Gasteiger partial charge in [0.05, 0.1) is 6.61 Å². The summed E-state index contributed by atoms with van der Waals surface area (Å²) in [5, 5.41) is 2.78. The third-order valence-electron chi connectivity index (χ3n) is 4.40. The van der Waals surface area contributed by atoms with E-state index in [1.807, 2.05) is 12.1 Å². The normalized spacial score (nSPS) is 14.4. The van der Waals surface area contributed by atoms with Crippen LogP contribution in [-0.2, 0) is 4.74 Å². The third kappa shape index (κ3) is 4.49. The van der Waals surface area contributed by atoms with E-state index in [1.165, 1.54) is 12.1 Å². The highest BCUT2D eigenvalue weighted by Gasteiger charge is 2.19. The molecule has 1 aromatic heterocycles. The molecule has 2 aromatic rings. The van der Waals surface area contributed by atoms with Crippen LogP contribution in [-0.4, -0.2) is 57.3 Å². The molecule has 1 N–H and O–H groups in total. The standard InChI is InChI=1S/C19H23FN4O2/c1-26-13-8-22-19(25)18-14-17(6-7-21-18)24-11-9-23(10-12-24)16-4-2-15(20)3-5-16/h2-7,14H,8-13H2,1H3,(H,22,25). The van der Waals surface area contributed by atoms with Crippen LogP contribution >= 0.6 is 0 Å².